The molecule has 27 heavy (non-hydrogen) atoms. The van der Waals surface area contributed by atoms with Crippen LogP contribution in [0.5, 0.6) is 0 Å². The van der Waals surface area contributed by atoms with Crippen molar-refractivity contribution in [3.05, 3.63) is 45.9 Å². The molecule has 0 aliphatic heterocycles. The molecule has 1 heterocycles. The fourth-order valence-corrected chi connectivity index (χ4v) is 3.04. The molecular formula is C20H24ClFN2O3. The Hall–Kier alpha value is -2.18. The average molecular weight is 395 g/mol. The molecule has 0 saturated heterocycles. The minimum absolute atomic E-state index is 0.250. The molecule has 146 valence electrons. The number of carbonyl (C=O) groups excluding carboxylic acids is 1. The Kier molecular flexibility index (Phi) is 6.12. The van der Waals surface area contributed by atoms with Crippen LogP contribution in [0.4, 0.5) is 10.2 Å². The van der Waals surface area contributed by atoms with Gasteiger partial charge in [-0.3, -0.25) is 0 Å². The van der Waals surface area contributed by atoms with Gasteiger partial charge >= 0.3 is 5.97 Å². The molecule has 0 saturated carbocycles. The van der Waals surface area contributed by atoms with Crippen LogP contribution in [0, 0.1) is 19.7 Å². The maximum atomic E-state index is 14.7. The van der Waals surface area contributed by atoms with Crippen molar-refractivity contribution >= 4 is 23.4 Å². The molecule has 1 aromatic heterocycles. The number of hydrogen-bond donors (Lipinski definition) is 1. The van der Waals surface area contributed by atoms with Crippen molar-refractivity contribution in [2.45, 2.75) is 46.3 Å². The summed E-state index contributed by atoms with van der Waals surface area (Å²) in [5.74, 6) is -0.884. The van der Waals surface area contributed by atoms with Crippen molar-refractivity contribution in [1.29, 1.82) is 0 Å². The third-order valence-corrected chi connectivity index (χ3v) is 4.29. The van der Waals surface area contributed by atoms with E-state index < -0.39 is 23.5 Å². The molecule has 7 heteroatoms. The fraction of sp³-hybridized carbons (Fsp3) is 0.400. The normalized spacial score (nSPS) is 12.7. The fourth-order valence-electron chi connectivity index (χ4n) is 2.88. The SMILES string of the molecule is COC(=O)C(OC(C)(C)C)c1c(C)nc(N)c(C)c1-c1ccc(Cl)cc1F. The Labute approximate surface area is 163 Å². The molecule has 0 aliphatic carbocycles. The van der Waals surface area contributed by atoms with Crippen molar-refractivity contribution in [1.82, 2.24) is 4.98 Å². The number of rotatable bonds is 4. The zero-order valence-corrected chi connectivity index (χ0v) is 17.1. The van der Waals surface area contributed by atoms with Crippen molar-refractivity contribution in [2.24, 2.45) is 0 Å². The maximum absolute atomic E-state index is 14.7. The summed E-state index contributed by atoms with van der Waals surface area (Å²) in [6.07, 6.45) is -1.09. The van der Waals surface area contributed by atoms with Gasteiger partial charge in [0.15, 0.2) is 6.10 Å². The van der Waals surface area contributed by atoms with Crippen molar-refractivity contribution in [3.8, 4) is 11.1 Å². The lowest BCUT2D eigenvalue weighted by Gasteiger charge is -2.29. The van der Waals surface area contributed by atoms with Gasteiger partial charge in [0.2, 0.25) is 0 Å². The Bertz CT molecular complexity index is 879. The first kappa shape index (κ1) is 21.1. The van der Waals surface area contributed by atoms with E-state index in [-0.39, 0.29) is 16.4 Å². The predicted octanol–water partition coefficient (Wildman–Crippen LogP) is 4.77. The number of nitrogens with zero attached hydrogens (tertiary/aromatic N) is 1. The van der Waals surface area contributed by atoms with Gasteiger partial charge in [0, 0.05) is 21.8 Å². The minimum atomic E-state index is -1.09. The number of pyridine rings is 1. The molecule has 2 rings (SSSR count). The second-order valence-electron chi connectivity index (χ2n) is 7.25. The first-order chi connectivity index (χ1) is 12.5. The van der Waals surface area contributed by atoms with Gasteiger partial charge in [-0.15, -0.1) is 0 Å². The van der Waals surface area contributed by atoms with E-state index in [1.165, 1.54) is 13.2 Å². The molecule has 5 nitrogen and oxygen atoms in total. The number of nitrogens with two attached hydrogens (primary N) is 1. The van der Waals surface area contributed by atoms with Crippen molar-refractivity contribution < 1.29 is 18.7 Å². The zero-order chi connectivity index (χ0) is 20.5. The van der Waals surface area contributed by atoms with Crippen LogP contribution >= 0.6 is 11.6 Å². The van der Waals surface area contributed by atoms with Crippen LogP contribution in [0.2, 0.25) is 5.02 Å². The number of anilines is 1. The second-order valence-corrected chi connectivity index (χ2v) is 7.69. The quantitative estimate of drug-likeness (QED) is 0.756. The number of aromatic nitrogens is 1. The van der Waals surface area contributed by atoms with Crippen LogP contribution in [0.3, 0.4) is 0 Å². The summed E-state index contributed by atoms with van der Waals surface area (Å²) in [6, 6.07) is 4.34. The summed E-state index contributed by atoms with van der Waals surface area (Å²) in [5, 5.41) is 0.268. The van der Waals surface area contributed by atoms with Crippen LogP contribution in [-0.4, -0.2) is 23.7 Å². The minimum Gasteiger partial charge on any atom is -0.467 e. The molecule has 0 amide bonds. The van der Waals surface area contributed by atoms with Gasteiger partial charge in [-0.2, -0.15) is 0 Å². The number of methoxy groups -OCH3 is 1. The molecule has 0 bridgehead atoms. The van der Waals surface area contributed by atoms with Crippen molar-refractivity contribution in [3.63, 3.8) is 0 Å². The molecular weight excluding hydrogens is 371 g/mol. The van der Waals surface area contributed by atoms with E-state index in [0.29, 0.717) is 22.4 Å². The molecule has 0 fully saturated rings. The Morgan fingerprint density at radius 3 is 2.44 bits per heavy atom. The van der Waals surface area contributed by atoms with E-state index in [9.17, 15) is 9.18 Å². The largest absolute Gasteiger partial charge is 0.467 e. The average Bonchev–Trinajstić information content (AvgIpc) is 2.55. The smallest absolute Gasteiger partial charge is 0.339 e. The van der Waals surface area contributed by atoms with E-state index in [1.807, 2.05) is 20.8 Å². The number of esters is 1. The number of ether oxygens (including phenoxy) is 2. The number of nitrogen functional groups attached to an aromatic ring is 1. The third-order valence-electron chi connectivity index (χ3n) is 4.06. The van der Waals surface area contributed by atoms with Gasteiger partial charge in [-0.1, -0.05) is 11.6 Å². The Morgan fingerprint density at radius 2 is 1.93 bits per heavy atom. The molecule has 0 spiro atoms. The predicted molar refractivity (Wildman–Crippen MR) is 104 cm³/mol. The first-order valence-electron chi connectivity index (χ1n) is 8.44. The topological polar surface area (TPSA) is 74.4 Å². The lowest BCUT2D eigenvalue weighted by molar-refractivity contribution is -0.164. The van der Waals surface area contributed by atoms with E-state index in [4.69, 9.17) is 26.8 Å². The van der Waals surface area contributed by atoms with Gasteiger partial charge in [-0.25, -0.2) is 14.2 Å². The summed E-state index contributed by atoms with van der Waals surface area (Å²) in [5.41, 5.74) is 7.51. The summed E-state index contributed by atoms with van der Waals surface area (Å²) in [4.78, 5) is 16.9. The van der Waals surface area contributed by atoms with Crippen LogP contribution in [0.25, 0.3) is 11.1 Å². The van der Waals surface area contributed by atoms with Gasteiger partial charge in [0.1, 0.15) is 11.6 Å². The highest BCUT2D eigenvalue weighted by atomic mass is 35.5. The van der Waals surface area contributed by atoms with Crippen molar-refractivity contribution in [2.75, 3.05) is 12.8 Å². The molecule has 0 aliphatic rings. The second kappa shape index (κ2) is 7.82. The standard InChI is InChI=1S/C20H24ClFN2O3/c1-10-15(13-8-7-12(21)9-14(13)22)16(11(2)24-18(10)23)17(19(25)26-6)27-20(3,4)5/h7-9,17H,1-6H3,(H2,23,24). The van der Waals surface area contributed by atoms with E-state index in [2.05, 4.69) is 4.98 Å². The summed E-state index contributed by atoms with van der Waals surface area (Å²) < 4.78 is 25.7. The number of benzene rings is 1. The van der Waals surface area contributed by atoms with Gasteiger partial charge in [0.05, 0.1) is 12.7 Å². The number of hydrogen-bond acceptors (Lipinski definition) is 5. The third kappa shape index (κ3) is 4.57. The van der Waals surface area contributed by atoms with E-state index >= 15 is 0 Å². The van der Waals surface area contributed by atoms with Crippen LogP contribution in [0.15, 0.2) is 18.2 Å². The Morgan fingerprint density at radius 1 is 1.30 bits per heavy atom. The summed E-state index contributed by atoms with van der Waals surface area (Å²) in [6.45, 7) is 8.87. The highest BCUT2D eigenvalue weighted by molar-refractivity contribution is 6.30. The van der Waals surface area contributed by atoms with Crippen LogP contribution < -0.4 is 5.73 Å². The molecule has 1 atom stereocenters. The molecule has 1 unspecified atom stereocenters. The molecule has 0 radical (unpaired) electrons. The monoisotopic (exact) mass is 394 g/mol. The number of aryl methyl sites for hydroxylation is 1. The van der Waals surface area contributed by atoms with Gasteiger partial charge in [-0.05, 0) is 63.9 Å². The Balaban J connectivity index is 2.85. The van der Waals surface area contributed by atoms with Gasteiger partial charge < -0.3 is 15.2 Å². The zero-order valence-electron chi connectivity index (χ0n) is 16.3. The molecule has 2 aromatic rings. The maximum Gasteiger partial charge on any atom is 0.339 e. The highest BCUT2D eigenvalue weighted by Gasteiger charge is 2.33. The van der Waals surface area contributed by atoms with Crippen LogP contribution in [-0.2, 0) is 14.3 Å². The summed E-state index contributed by atoms with van der Waals surface area (Å²) in [7, 11) is 1.27. The lowest BCUT2D eigenvalue weighted by atomic mass is 9.90. The summed E-state index contributed by atoms with van der Waals surface area (Å²) >= 11 is 5.89. The lowest BCUT2D eigenvalue weighted by Crippen LogP contribution is -2.29. The first-order valence-corrected chi connectivity index (χ1v) is 8.81. The highest BCUT2D eigenvalue weighted by Crippen LogP contribution is 2.40. The number of carbonyl (C=O) groups is 1. The number of halogens is 2. The van der Waals surface area contributed by atoms with E-state index in [1.54, 1.807) is 26.0 Å². The van der Waals surface area contributed by atoms with Gasteiger partial charge in [0.25, 0.3) is 0 Å². The van der Waals surface area contributed by atoms with Crippen LogP contribution in [0.1, 0.15) is 43.7 Å². The molecule has 1 aromatic carbocycles. The molecule has 2 N–H and O–H groups in total. The van der Waals surface area contributed by atoms with E-state index in [0.717, 1.165) is 0 Å².